The summed E-state index contributed by atoms with van der Waals surface area (Å²) in [6.45, 7) is 5.17. The molecule has 0 saturated carbocycles. The number of hydrogen-bond acceptors (Lipinski definition) is 3. The monoisotopic (exact) mass is 226 g/mol. The molecule has 2 aliphatic rings. The molecule has 0 aromatic carbocycles. The summed E-state index contributed by atoms with van der Waals surface area (Å²) < 4.78 is 0. The number of rotatable bonds is 2. The van der Waals surface area contributed by atoms with Gasteiger partial charge in [0.25, 0.3) is 0 Å². The number of aliphatic hydroxyl groups is 1. The average Bonchev–Trinajstić information content (AvgIpc) is 2.76. The Bertz CT molecular complexity index is 262. The number of piperidine rings is 1. The Balaban J connectivity index is 2.05. The molecule has 4 heteroatoms. The Morgan fingerprint density at radius 2 is 2.44 bits per heavy atom. The van der Waals surface area contributed by atoms with Gasteiger partial charge in [0.1, 0.15) is 0 Å². The quantitative estimate of drug-likeness (QED) is 0.715. The number of hydrogen-bond donors (Lipinski definition) is 2. The number of nitrogens with zero attached hydrogens (tertiary/aromatic N) is 1. The van der Waals surface area contributed by atoms with Crippen LogP contribution in [0.15, 0.2) is 0 Å². The van der Waals surface area contributed by atoms with Crippen LogP contribution < -0.4 is 5.32 Å². The van der Waals surface area contributed by atoms with Crippen molar-refractivity contribution >= 4 is 5.91 Å². The van der Waals surface area contributed by atoms with Crippen LogP contribution in [0.3, 0.4) is 0 Å². The van der Waals surface area contributed by atoms with Gasteiger partial charge in [-0.3, -0.25) is 4.79 Å². The van der Waals surface area contributed by atoms with E-state index in [2.05, 4.69) is 12.2 Å². The molecule has 1 amide bonds. The van der Waals surface area contributed by atoms with E-state index in [9.17, 15) is 9.90 Å². The van der Waals surface area contributed by atoms with Crippen molar-refractivity contribution in [3.05, 3.63) is 0 Å². The lowest BCUT2D eigenvalue weighted by molar-refractivity contribution is -0.142. The molecule has 2 aliphatic heterocycles. The minimum absolute atomic E-state index is 0.206. The topological polar surface area (TPSA) is 52.6 Å². The van der Waals surface area contributed by atoms with Crippen molar-refractivity contribution in [1.82, 2.24) is 10.2 Å². The summed E-state index contributed by atoms with van der Waals surface area (Å²) in [5.41, 5.74) is -0.206. The summed E-state index contributed by atoms with van der Waals surface area (Å²) in [6, 6.07) is 0. The number of likely N-dealkylation sites (tertiary alicyclic amines) is 1. The second kappa shape index (κ2) is 4.72. The van der Waals surface area contributed by atoms with Crippen molar-refractivity contribution in [2.75, 3.05) is 26.2 Å². The van der Waals surface area contributed by atoms with Crippen LogP contribution >= 0.6 is 0 Å². The molecule has 2 atom stereocenters. The zero-order valence-corrected chi connectivity index (χ0v) is 10.0. The van der Waals surface area contributed by atoms with E-state index in [1.54, 1.807) is 0 Å². The third-order valence-corrected chi connectivity index (χ3v) is 4.05. The molecule has 4 nitrogen and oxygen atoms in total. The van der Waals surface area contributed by atoms with Gasteiger partial charge < -0.3 is 15.3 Å². The summed E-state index contributed by atoms with van der Waals surface area (Å²) in [5, 5.41) is 12.8. The van der Waals surface area contributed by atoms with E-state index in [1.807, 2.05) is 4.90 Å². The Kier molecular flexibility index (Phi) is 3.50. The third kappa shape index (κ3) is 2.09. The van der Waals surface area contributed by atoms with Gasteiger partial charge in [-0.2, -0.15) is 0 Å². The number of carbonyl (C=O) groups is 1. The molecule has 2 heterocycles. The molecule has 0 aromatic heterocycles. The minimum atomic E-state index is -0.311. The molecule has 0 aliphatic carbocycles. The largest absolute Gasteiger partial charge is 0.391 e. The number of amides is 1. The van der Waals surface area contributed by atoms with Crippen molar-refractivity contribution < 1.29 is 9.90 Å². The highest BCUT2D eigenvalue weighted by Crippen LogP contribution is 2.33. The van der Waals surface area contributed by atoms with Crippen LogP contribution in [-0.4, -0.2) is 48.2 Å². The van der Waals surface area contributed by atoms with Gasteiger partial charge in [0.2, 0.25) is 5.91 Å². The standard InChI is InChI=1S/C12H22N2O2/c1-2-12(5-3-6-13-9-12)11(16)14-7-4-10(15)8-14/h10,13,15H,2-9H2,1H3/t10-,12?/m1/s1. The van der Waals surface area contributed by atoms with Gasteiger partial charge in [-0.05, 0) is 32.2 Å². The van der Waals surface area contributed by atoms with E-state index in [0.717, 1.165) is 45.3 Å². The molecule has 2 saturated heterocycles. The zero-order chi connectivity index (χ0) is 11.6. The second-order valence-corrected chi connectivity index (χ2v) is 5.11. The molecule has 1 unspecified atom stereocenters. The number of β-amino-alcohol motifs (C(OH)–C–C–N with tert-alkyl or cyclic N) is 1. The van der Waals surface area contributed by atoms with Crippen LogP contribution in [0.4, 0.5) is 0 Å². The molecule has 2 rings (SSSR count). The van der Waals surface area contributed by atoms with E-state index >= 15 is 0 Å². The lowest BCUT2D eigenvalue weighted by Crippen LogP contribution is -2.51. The van der Waals surface area contributed by atoms with Crippen molar-refractivity contribution in [2.24, 2.45) is 5.41 Å². The number of carbonyl (C=O) groups excluding carboxylic acids is 1. The predicted octanol–water partition coefficient (Wildman–Crippen LogP) is 0.359. The van der Waals surface area contributed by atoms with Crippen LogP contribution in [0.5, 0.6) is 0 Å². The first-order valence-corrected chi connectivity index (χ1v) is 6.36. The first kappa shape index (κ1) is 11.9. The Morgan fingerprint density at radius 3 is 2.94 bits per heavy atom. The van der Waals surface area contributed by atoms with Crippen LogP contribution in [0.2, 0.25) is 0 Å². The fraction of sp³-hybridized carbons (Fsp3) is 0.917. The SMILES string of the molecule is CCC1(C(=O)N2CC[C@@H](O)C2)CCCNC1. The van der Waals surface area contributed by atoms with E-state index in [0.29, 0.717) is 6.54 Å². The van der Waals surface area contributed by atoms with Crippen LogP contribution in [0.25, 0.3) is 0 Å². The van der Waals surface area contributed by atoms with Gasteiger partial charge in [-0.25, -0.2) is 0 Å². The summed E-state index contributed by atoms with van der Waals surface area (Å²) in [4.78, 5) is 14.3. The van der Waals surface area contributed by atoms with Crippen molar-refractivity contribution in [2.45, 2.75) is 38.7 Å². The van der Waals surface area contributed by atoms with Gasteiger partial charge in [0.05, 0.1) is 11.5 Å². The third-order valence-electron chi connectivity index (χ3n) is 4.05. The van der Waals surface area contributed by atoms with Gasteiger partial charge in [-0.1, -0.05) is 6.92 Å². The number of aliphatic hydroxyl groups excluding tert-OH is 1. The normalized spacial score (nSPS) is 35.4. The van der Waals surface area contributed by atoms with Gasteiger partial charge in [0.15, 0.2) is 0 Å². The summed E-state index contributed by atoms with van der Waals surface area (Å²) in [6.07, 6.45) is 3.39. The van der Waals surface area contributed by atoms with Crippen molar-refractivity contribution in [3.63, 3.8) is 0 Å². The Morgan fingerprint density at radius 1 is 1.62 bits per heavy atom. The summed E-state index contributed by atoms with van der Waals surface area (Å²) >= 11 is 0. The van der Waals surface area contributed by atoms with Crippen LogP contribution in [0, 0.1) is 5.41 Å². The highest BCUT2D eigenvalue weighted by molar-refractivity contribution is 5.83. The minimum Gasteiger partial charge on any atom is -0.391 e. The van der Waals surface area contributed by atoms with Gasteiger partial charge in [0, 0.05) is 19.6 Å². The van der Waals surface area contributed by atoms with E-state index in [-0.39, 0.29) is 17.4 Å². The molecule has 0 radical (unpaired) electrons. The molecule has 0 aromatic rings. The van der Waals surface area contributed by atoms with Gasteiger partial charge in [-0.15, -0.1) is 0 Å². The summed E-state index contributed by atoms with van der Waals surface area (Å²) in [7, 11) is 0. The predicted molar refractivity (Wildman–Crippen MR) is 62.0 cm³/mol. The van der Waals surface area contributed by atoms with Crippen molar-refractivity contribution in [1.29, 1.82) is 0 Å². The lowest BCUT2D eigenvalue weighted by Gasteiger charge is -2.38. The number of nitrogens with one attached hydrogen (secondary N) is 1. The lowest BCUT2D eigenvalue weighted by atomic mass is 9.77. The second-order valence-electron chi connectivity index (χ2n) is 5.11. The van der Waals surface area contributed by atoms with E-state index in [4.69, 9.17) is 0 Å². The first-order valence-electron chi connectivity index (χ1n) is 6.36. The molecule has 0 bridgehead atoms. The highest BCUT2D eigenvalue weighted by atomic mass is 16.3. The maximum absolute atomic E-state index is 12.5. The van der Waals surface area contributed by atoms with Crippen LogP contribution in [-0.2, 0) is 4.79 Å². The fourth-order valence-electron chi connectivity index (χ4n) is 2.87. The smallest absolute Gasteiger partial charge is 0.230 e. The first-order chi connectivity index (χ1) is 7.68. The van der Waals surface area contributed by atoms with Crippen LogP contribution in [0.1, 0.15) is 32.6 Å². The maximum atomic E-state index is 12.5. The fourth-order valence-corrected chi connectivity index (χ4v) is 2.87. The van der Waals surface area contributed by atoms with E-state index < -0.39 is 0 Å². The highest BCUT2D eigenvalue weighted by Gasteiger charge is 2.42. The van der Waals surface area contributed by atoms with Gasteiger partial charge >= 0.3 is 0 Å². The maximum Gasteiger partial charge on any atom is 0.230 e. The molecular formula is C12H22N2O2. The molecule has 16 heavy (non-hydrogen) atoms. The zero-order valence-electron chi connectivity index (χ0n) is 10.0. The molecular weight excluding hydrogens is 204 g/mol. The molecule has 2 fully saturated rings. The van der Waals surface area contributed by atoms with E-state index in [1.165, 1.54) is 0 Å². The molecule has 0 spiro atoms. The Hall–Kier alpha value is -0.610. The Labute approximate surface area is 97.0 Å². The van der Waals surface area contributed by atoms with Crippen molar-refractivity contribution in [3.8, 4) is 0 Å². The molecule has 92 valence electrons. The molecule has 2 N–H and O–H groups in total. The summed E-state index contributed by atoms with van der Waals surface area (Å²) in [5.74, 6) is 0.249. The average molecular weight is 226 g/mol.